The summed E-state index contributed by atoms with van der Waals surface area (Å²) in [7, 11) is 0. The Labute approximate surface area is 154 Å². The lowest BCUT2D eigenvalue weighted by atomic mass is 9.95. The van der Waals surface area contributed by atoms with Crippen LogP contribution in [0.5, 0.6) is 0 Å². The average Bonchev–Trinajstić information content (AvgIpc) is 2.54. The highest BCUT2D eigenvalue weighted by Crippen LogP contribution is 2.32. The minimum Gasteiger partial charge on any atom is -0.378 e. The molecule has 1 aromatic carbocycles. The molecule has 1 aliphatic rings. The Balaban J connectivity index is 2.13. The maximum Gasteiger partial charge on any atom is 0.292 e. The summed E-state index contributed by atoms with van der Waals surface area (Å²) in [6.45, 7) is 6.83. The van der Waals surface area contributed by atoms with Gasteiger partial charge in [-0.15, -0.1) is 0 Å². The van der Waals surface area contributed by atoms with Crippen molar-refractivity contribution in [2.24, 2.45) is 11.7 Å². The molecule has 1 heterocycles. The van der Waals surface area contributed by atoms with Crippen LogP contribution in [0.3, 0.4) is 0 Å². The number of rotatable bonds is 8. The van der Waals surface area contributed by atoms with E-state index < -0.39 is 5.91 Å². The maximum absolute atomic E-state index is 11.5. The number of nitro benzene ring substituents is 1. The quantitative estimate of drug-likeness (QED) is 0.542. The van der Waals surface area contributed by atoms with Gasteiger partial charge in [0.15, 0.2) is 0 Å². The number of primary amides is 1. The third kappa shape index (κ3) is 5.69. The van der Waals surface area contributed by atoms with Crippen molar-refractivity contribution >= 4 is 17.3 Å². The van der Waals surface area contributed by atoms with Gasteiger partial charge >= 0.3 is 0 Å². The van der Waals surface area contributed by atoms with E-state index in [0.29, 0.717) is 18.2 Å². The van der Waals surface area contributed by atoms with E-state index in [1.165, 1.54) is 0 Å². The summed E-state index contributed by atoms with van der Waals surface area (Å²) in [5.74, 6) is -0.0152. The van der Waals surface area contributed by atoms with Crippen LogP contribution in [0.2, 0.25) is 0 Å². The SMILES string of the molecule is CC(C)C[C@@H]1C[C@H](Nc2ccc(C(C)CC(N)=O)cc2[N+](=O)[O-])CCO1. The molecular formula is C19H29N3O4. The van der Waals surface area contributed by atoms with Crippen molar-refractivity contribution < 1.29 is 14.5 Å². The summed E-state index contributed by atoms with van der Waals surface area (Å²) in [5, 5.41) is 14.8. The summed E-state index contributed by atoms with van der Waals surface area (Å²) >= 11 is 0. The van der Waals surface area contributed by atoms with Crippen LogP contribution in [0, 0.1) is 16.0 Å². The van der Waals surface area contributed by atoms with Crippen molar-refractivity contribution in [1.82, 2.24) is 0 Å². The van der Waals surface area contributed by atoms with Crippen LogP contribution in [0.1, 0.15) is 57.9 Å². The Morgan fingerprint density at radius 2 is 2.15 bits per heavy atom. The fraction of sp³-hybridized carbons (Fsp3) is 0.632. The number of ether oxygens (including phenoxy) is 1. The lowest BCUT2D eigenvalue weighted by molar-refractivity contribution is -0.384. The number of nitrogens with two attached hydrogens (primary N) is 1. The van der Waals surface area contributed by atoms with E-state index in [0.717, 1.165) is 24.8 Å². The van der Waals surface area contributed by atoms with Crippen molar-refractivity contribution in [2.75, 3.05) is 11.9 Å². The van der Waals surface area contributed by atoms with Crippen LogP contribution < -0.4 is 11.1 Å². The summed E-state index contributed by atoms with van der Waals surface area (Å²) in [6.07, 6.45) is 3.01. The molecule has 3 N–H and O–H groups in total. The minimum absolute atomic E-state index is 0.0331. The molecule has 1 amide bonds. The molecule has 3 atom stereocenters. The van der Waals surface area contributed by atoms with Gasteiger partial charge in [-0.25, -0.2) is 0 Å². The Hall–Kier alpha value is -2.15. The summed E-state index contributed by atoms with van der Waals surface area (Å²) in [4.78, 5) is 22.2. The molecule has 0 saturated carbocycles. The fourth-order valence-electron chi connectivity index (χ4n) is 3.47. The van der Waals surface area contributed by atoms with Gasteiger partial charge in [0.2, 0.25) is 5.91 Å². The zero-order chi connectivity index (χ0) is 19.3. The lowest BCUT2D eigenvalue weighted by Gasteiger charge is -2.31. The zero-order valence-corrected chi connectivity index (χ0v) is 15.7. The molecule has 0 spiro atoms. The highest BCUT2D eigenvalue weighted by Gasteiger charge is 2.26. The third-order valence-corrected chi connectivity index (χ3v) is 4.76. The van der Waals surface area contributed by atoms with Gasteiger partial charge in [0, 0.05) is 25.1 Å². The molecule has 1 fully saturated rings. The van der Waals surface area contributed by atoms with Gasteiger partial charge in [0.25, 0.3) is 5.69 Å². The number of anilines is 1. The van der Waals surface area contributed by atoms with Gasteiger partial charge in [-0.2, -0.15) is 0 Å². The van der Waals surface area contributed by atoms with E-state index in [9.17, 15) is 14.9 Å². The number of carbonyl (C=O) groups is 1. The molecule has 1 aliphatic heterocycles. The number of nitrogens with one attached hydrogen (secondary N) is 1. The van der Waals surface area contributed by atoms with Crippen LogP contribution in [-0.4, -0.2) is 29.6 Å². The highest BCUT2D eigenvalue weighted by atomic mass is 16.6. The lowest BCUT2D eigenvalue weighted by Crippen LogP contribution is -2.34. The molecule has 0 aromatic heterocycles. The predicted molar refractivity (Wildman–Crippen MR) is 101 cm³/mol. The Kier molecular flexibility index (Phi) is 6.97. The van der Waals surface area contributed by atoms with Crippen molar-refractivity contribution in [3.63, 3.8) is 0 Å². The number of hydrogen-bond donors (Lipinski definition) is 2. The topological polar surface area (TPSA) is 107 Å². The second-order valence-electron chi connectivity index (χ2n) is 7.59. The van der Waals surface area contributed by atoms with Crippen LogP contribution >= 0.6 is 0 Å². The molecule has 26 heavy (non-hydrogen) atoms. The number of nitrogens with zero attached hydrogens (tertiary/aromatic N) is 1. The monoisotopic (exact) mass is 363 g/mol. The van der Waals surface area contributed by atoms with Crippen molar-refractivity contribution in [3.05, 3.63) is 33.9 Å². The number of carbonyl (C=O) groups excluding carboxylic acids is 1. The van der Waals surface area contributed by atoms with Crippen molar-refractivity contribution in [2.45, 2.75) is 64.5 Å². The van der Waals surface area contributed by atoms with Crippen LogP contribution in [0.25, 0.3) is 0 Å². The largest absolute Gasteiger partial charge is 0.378 e. The fourth-order valence-corrected chi connectivity index (χ4v) is 3.47. The number of hydrogen-bond acceptors (Lipinski definition) is 5. The summed E-state index contributed by atoms with van der Waals surface area (Å²) in [6, 6.07) is 5.26. The summed E-state index contributed by atoms with van der Waals surface area (Å²) < 4.78 is 5.80. The summed E-state index contributed by atoms with van der Waals surface area (Å²) in [5.41, 5.74) is 6.52. The molecule has 7 heteroatoms. The van der Waals surface area contributed by atoms with Gasteiger partial charge in [-0.05, 0) is 42.7 Å². The minimum atomic E-state index is -0.416. The van der Waals surface area contributed by atoms with Crippen molar-refractivity contribution in [3.8, 4) is 0 Å². The first kappa shape index (κ1) is 20.2. The molecule has 2 rings (SSSR count). The first-order valence-electron chi connectivity index (χ1n) is 9.21. The molecular weight excluding hydrogens is 334 g/mol. The predicted octanol–water partition coefficient (Wildman–Crippen LogP) is 3.58. The van der Waals surface area contributed by atoms with Gasteiger partial charge in [-0.1, -0.05) is 26.8 Å². The van der Waals surface area contributed by atoms with E-state index in [2.05, 4.69) is 19.2 Å². The first-order chi connectivity index (χ1) is 12.3. The van der Waals surface area contributed by atoms with E-state index in [-0.39, 0.29) is 35.1 Å². The highest BCUT2D eigenvalue weighted by molar-refractivity contribution is 5.75. The van der Waals surface area contributed by atoms with Crippen LogP contribution in [0.4, 0.5) is 11.4 Å². The molecule has 7 nitrogen and oxygen atoms in total. The molecule has 0 radical (unpaired) electrons. The maximum atomic E-state index is 11.5. The van der Waals surface area contributed by atoms with E-state index in [1.54, 1.807) is 12.1 Å². The second-order valence-corrected chi connectivity index (χ2v) is 7.59. The number of amides is 1. The van der Waals surface area contributed by atoms with Crippen LogP contribution in [-0.2, 0) is 9.53 Å². The van der Waals surface area contributed by atoms with Gasteiger partial charge < -0.3 is 15.8 Å². The Bertz CT molecular complexity index is 648. The van der Waals surface area contributed by atoms with Crippen LogP contribution in [0.15, 0.2) is 18.2 Å². The Morgan fingerprint density at radius 1 is 1.42 bits per heavy atom. The first-order valence-corrected chi connectivity index (χ1v) is 9.21. The molecule has 0 aliphatic carbocycles. The average molecular weight is 363 g/mol. The third-order valence-electron chi connectivity index (χ3n) is 4.76. The van der Waals surface area contributed by atoms with Gasteiger partial charge in [-0.3, -0.25) is 14.9 Å². The van der Waals surface area contributed by atoms with Gasteiger partial charge in [0.05, 0.1) is 11.0 Å². The molecule has 1 unspecified atom stereocenters. The van der Waals surface area contributed by atoms with E-state index in [4.69, 9.17) is 10.5 Å². The Morgan fingerprint density at radius 3 is 2.77 bits per heavy atom. The smallest absolute Gasteiger partial charge is 0.292 e. The molecule has 144 valence electrons. The normalized spacial score (nSPS) is 21.4. The van der Waals surface area contributed by atoms with Gasteiger partial charge in [0.1, 0.15) is 5.69 Å². The number of benzene rings is 1. The van der Waals surface area contributed by atoms with E-state index in [1.807, 2.05) is 13.0 Å². The van der Waals surface area contributed by atoms with Crippen molar-refractivity contribution in [1.29, 1.82) is 0 Å². The van der Waals surface area contributed by atoms with E-state index >= 15 is 0 Å². The second kappa shape index (κ2) is 8.98. The molecule has 1 saturated heterocycles. The standard InChI is InChI=1S/C19H29N3O4/c1-12(2)8-16-11-15(6-7-26-16)21-17-5-4-14(10-18(17)22(24)25)13(3)9-19(20)23/h4-5,10,12-13,15-16,21H,6-9,11H2,1-3H3,(H2,20,23)/t13?,15-,16-/m1/s1. The molecule has 1 aromatic rings. The zero-order valence-electron chi connectivity index (χ0n) is 15.7. The number of nitro groups is 1. The molecule has 0 bridgehead atoms.